The van der Waals surface area contributed by atoms with E-state index in [0.29, 0.717) is 18.1 Å². The van der Waals surface area contributed by atoms with E-state index in [-0.39, 0.29) is 0 Å². The third-order valence-corrected chi connectivity index (χ3v) is 1.70. The number of benzene rings is 1. The van der Waals surface area contributed by atoms with Gasteiger partial charge in [-0.3, -0.25) is 0 Å². The molecular weight excluding hydrogens is 192 g/mol. The molecule has 0 amide bonds. The highest BCUT2D eigenvalue weighted by Crippen LogP contribution is 2.31. The fourth-order valence-electron chi connectivity index (χ4n) is 0.968. The lowest BCUT2D eigenvalue weighted by Gasteiger charge is -2.07. The molecule has 3 nitrogen and oxygen atoms in total. The van der Waals surface area contributed by atoms with Crippen LogP contribution in [0.5, 0.6) is 17.2 Å². The maximum atomic E-state index is 5.27. The topological polar surface area (TPSA) is 27.7 Å². The normalized spacial score (nSPS) is 9.46. The summed E-state index contributed by atoms with van der Waals surface area (Å²) in [4.78, 5) is 0. The molecule has 0 radical (unpaired) electrons. The molecule has 1 aromatic rings. The second kappa shape index (κ2) is 4.82. The van der Waals surface area contributed by atoms with Crippen LogP contribution in [0.1, 0.15) is 6.92 Å². The van der Waals surface area contributed by atoms with Gasteiger partial charge in [0.25, 0.3) is 0 Å². The third kappa shape index (κ3) is 2.42. The molecule has 0 aromatic heterocycles. The molecule has 4 heteroatoms. The predicted molar refractivity (Wildman–Crippen MR) is 50.6 cm³/mol. The van der Waals surface area contributed by atoms with Crippen LogP contribution in [0.4, 0.5) is 0 Å². The number of ether oxygens (including phenoxy) is 2. The Hall–Kier alpha value is -1.09. The molecule has 0 heterocycles. The molecule has 0 atom stereocenters. The molecule has 0 aliphatic heterocycles. The van der Waals surface area contributed by atoms with Crippen molar-refractivity contribution >= 4 is 11.9 Å². The molecule has 0 saturated heterocycles. The van der Waals surface area contributed by atoms with Gasteiger partial charge in [0, 0.05) is 6.07 Å². The number of hydrogen-bond donors (Lipinski definition) is 0. The maximum absolute atomic E-state index is 5.27. The van der Waals surface area contributed by atoms with Crippen molar-refractivity contribution < 1.29 is 13.8 Å². The van der Waals surface area contributed by atoms with E-state index in [0.717, 1.165) is 5.75 Å². The zero-order valence-corrected chi connectivity index (χ0v) is 8.30. The number of hydrogen-bond acceptors (Lipinski definition) is 3. The largest absolute Gasteiger partial charge is 0.494 e. The molecule has 0 N–H and O–H groups in total. The van der Waals surface area contributed by atoms with Crippen LogP contribution in [-0.2, 0) is 0 Å². The van der Waals surface area contributed by atoms with E-state index in [2.05, 4.69) is 4.29 Å². The molecule has 0 aliphatic carbocycles. The highest BCUT2D eigenvalue weighted by atomic mass is 35.5. The van der Waals surface area contributed by atoms with E-state index in [1.807, 2.05) is 6.92 Å². The van der Waals surface area contributed by atoms with Crippen molar-refractivity contribution in [2.45, 2.75) is 6.92 Å². The highest BCUT2D eigenvalue weighted by molar-refractivity contribution is 6.09. The Balaban J connectivity index is 2.91. The van der Waals surface area contributed by atoms with Gasteiger partial charge < -0.3 is 13.8 Å². The van der Waals surface area contributed by atoms with Crippen molar-refractivity contribution in [1.29, 1.82) is 0 Å². The second-order valence-corrected chi connectivity index (χ2v) is 2.48. The van der Waals surface area contributed by atoms with Gasteiger partial charge in [-0.1, -0.05) is 0 Å². The molecule has 0 fully saturated rings. The first-order valence-electron chi connectivity index (χ1n) is 3.91. The van der Waals surface area contributed by atoms with E-state index < -0.39 is 0 Å². The van der Waals surface area contributed by atoms with Crippen molar-refractivity contribution in [3.05, 3.63) is 18.2 Å². The first kappa shape index (κ1) is 9.99. The Bertz CT molecular complexity index is 276. The molecule has 0 spiro atoms. The Morgan fingerprint density at radius 1 is 1.31 bits per heavy atom. The average Bonchev–Trinajstić information content (AvgIpc) is 2.18. The first-order chi connectivity index (χ1) is 6.31. The van der Waals surface area contributed by atoms with Gasteiger partial charge in [-0.2, -0.15) is 0 Å². The zero-order chi connectivity index (χ0) is 9.68. The fourth-order valence-corrected chi connectivity index (χ4v) is 1.10. The summed E-state index contributed by atoms with van der Waals surface area (Å²) >= 11 is 5.22. The summed E-state index contributed by atoms with van der Waals surface area (Å²) in [6.07, 6.45) is 0. The third-order valence-electron chi connectivity index (χ3n) is 1.53. The summed E-state index contributed by atoms with van der Waals surface area (Å²) in [5.41, 5.74) is 0. The fraction of sp³-hybridized carbons (Fsp3) is 0.333. The number of methoxy groups -OCH3 is 1. The van der Waals surface area contributed by atoms with Crippen LogP contribution in [0.2, 0.25) is 0 Å². The molecule has 1 rings (SSSR count). The van der Waals surface area contributed by atoms with Gasteiger partial charge in [0.1, 0.15) is 17.6 Å². The van der Waals surface area contributed by atoms with E-state index in [1.54, 1.807) is 25.3 Å². The van der Waals surface area contributed by atoms with E-state index >= 15 is 0 Å². The van der Waals surface area contributed by atoms with Crippen molar-refractivity contribution in [1.82, 2.24) is 0 Å². The monoisotopic (exact) mass is 202 g/mol. The van der Waals surface area contributed by atoms with Crippen LogP contribution < -0.4 is 13.8 Å². The van der Waals surface area contributed by atoms with Gasteiger partial charge in [0.2, 0.25) is 0 Å². The molecule has 13 heavy (non-hydrogen) atoms. The molecule has 1 aromatic carbocycles. The Labute approximate surface area is 82.3 Å². The summed E-state index contributed by atoms with van der Waals surface area (Å²) in [5, 5.41) is 0. The lowest BCUT2D eigenvalue weighted by atomic mass is 10.3. The Morgan fingerprint density at radius 3 is 2.62 bits per heavy atom. The standard InChI is InChI=1S/C9H11ClO3/c1-3-12-7-4-5-8(13-10)9(6-7)11-2/h4-6H,3H2,1-2H3. The molecule has 72 valence electrons. The number of halogens is 1. The summed E-state index contributed by atoms with van der Waals surface area (Å²) in [5.74, 6) is 1.77. The minimum absolute atomic E-state index is 0.479. The summed E-state index contributed by atoms with van der Waals surface area (Å²) < 4.78 is 14.9. The van der Waals surface area contributed by atoms with Crippen molar-refractivity contribution in [3.8, 4) is 17.2 Å². The van der Waals surface area contributed by atoms with Gasteiger partial charge in [0.05, 0.1) is 13.7 Å². The van der Waals surface area contributed by atoms with E-state index in [4.69, 9.17) is 21.3 Å². The lowest BCUT2D eigenvalue weighted by Crippen LogP contribution is -1.93. The molecular formula is C9H11ClO3. The van der Waals surface area contributed by atoms with Crippen molar-refractivity contribution in [2.24, 2.45) is 0 Å². The predicted octanol–water partition coefficient (Wildman–Crippen LogP) is 2.63. The van der Waals surface area contributed by atoms with Gasteiger partial charge in [-0.15, -0.1) is 0 Å². The van der Waals surface area contributed by atoms with Gasteiger partial charge in [-0.25, -0.2) is 0 Å². The second-order valence-electron chi connectivity index (χ2n) is 2.32. The Morgan fingerprint density at radius 2 is 2.08 bits per heavy atom. The van der Waals surface area contributed by atoms with Crippen molar-refractivity contribution in [3.63, 3.8) is 0 Å². The van der Waals surface area contributed by atoms with E-state index in [1.165, 1.54) is 0 Å². The smallest absolute Gasteiger partial charge is 0.188 e. The SMILES string of the molecule is CCOc1ccc(OCl)c(OC)c1. The molecule has 0 bridgehead atoms. The van der Waals surface area contributed by atoms with Crippen LogP contribution in [-0.4, -0.2) is 13.7 Å². The summed E-state index contributed by atoms with van der Waals surface area (Å²) in [6, 6.07) is 5.18. The summed E-state index contributed by atoms with van der Waals surface area (Å²) in [6.45, 7) is 2.53. The van der Waals surface area contributed by atoms with Crippen LogP contribution in [0, 0.1) is 0 Å². The van der Waals surface area contributed by atoms with Gasteiger partial charge in [-0.05, 0) is 19.1 Å². The zero-order valence-electron chi connectivity index (χ0n) is 7.54. The minimum atomic E-state index is 0.479. The van der Waals surface area contributed by atoms with Crippen LogP contribution >= 0.6 is 11.9 Å². The van der Waals surface area contributed by atoms with Crippen molar-refractivity contribution in [2.75, 3.05) is 13.7 Å². The molecule has 0 saturated carbocycles. The lowest BCUT2D eigenvalue weighted by molar-refractivity contribution is 0.334. The average molecular weight is 203 g/mol. The highest BCUT2D eigenvalue weighted by Gasteiger charge is 2.05. The molecule has 0 aliphatic rings. The number of rotatable bonds is 4. The minimum Gasteiger partial charge on any atom is -0.494 e. The maximum Gasteiger partial charge on any atom is 0.188 e. The van der Waals surface area contributed by atoms with Crippen LogP contribution in [0.3, 0.4) is 0 Å². The Kier molecular flexibility index (Phi) is 3.71. The quantitative estimate of drug-likeness (QED) is 0.751. The summed E-state index contributed by atoms with van der Waals surface area (Å²) in [7, 11) is 1.55. The van der Waals surface area contributed by atoms with Gasteiger partial charge >= 0.3 is 0 Å². The van der Waals surface area contributed by atoms with Crippen LogP contribution in [0.15, 0.2) is 18.2 Å². The van der Waals surface area contributed by atoms with Gasteiger partial charge in [0.15, 0.2) is 11.5 Å². The molecule has 0 unspecified atom stereocenters. The van der Waals surface area contributed by atoms with E-state index in [9.17, 15) is 0 Å². The first-order valence-corrected chi connectivity index (χ1v) is 4.22. The van der Waals surface area contributed by atoms with Crippen LogP contribution in [0.25, 0.3) is 0 Å².